The van der Waals surface area contributed by atoms with Gasteiger partial charge in [-0.15, -0.1) is 11.8 Å². The Kier molecular flexibility index (Phi) is 4.54. The molecule has 3 aromatic rings. The summed E-state index contributed by atoms with van der Waals surface area (Å²) in [6.45, 7) is 0. The zero-order valence-electron chi connectivity index (χ0n) is 13.9. The molecule has 1 aliphatic rings. The van der Waals surface area contributed by atoms with Crippen molar-refractivity contribution in [1.29, 1.82) is 0 Å². The number of thioether (sulfide) groups is 1. The molecular formula is C21H16N2O2S. The van der Waals surface area contributed by atoms with Gasteiger partial charge in [0.2, 0.25) is 0 Å². The average molecular weight is 360 g/mol. The van der Waals surface area contributed by atoms with Gasteiger partial charge in [-0.05, 0) is 35.4 Å². The Hall–Kier alpha value is -2.92. The summed E-state index contributed by atoms with van der Waals surface area (Å²) in [5.41, 5.74) is 4.17. The Balaban J connectivity index is 1.77. The summed E-state index contributed by atoms with van der Waals surface area (Å²) in [4.78, 5) is 16.6. The Morgan fingerprint density at radius 1 is 0.923 bits per heavy atom. The minimum Gasteiger partial charge on any atom is -0.258 e. The summed E-state index contributed by atoms with van der Waals surface area (Å²) in [5, 5.41) is 11.2. The molecule has 0 aromatic heterocycles. The maximum Gasteiger partial charge on any atom is 0.269 e. The molecule has 0 radical (unpaired) electrons. The van der Waals surface area contributed by atoms with Crippen molar-refractivity contribution in [3.8, 4) is 0 Å². The van der Waals surface area contributed by atoms with E-state index in [-0.39, 0.29) is 15.9 Å². The predicted molar refractivity (Wildman–Crippen MR) is 105 cm³/mol. The number of benzene rings is 3. The molecule has 0 spiro atoms. The second-order valence-corrected chi connectivity index (χ2v) is 7.30. The number of para-hydroxylation sites is 1. The van der Waals surface area contributed by atoms with Crippen LogP contribution in [-0.4, -0.2) is 10.6 Å². The third kappa shape index (κ3) is 3.39. The molecule has 1 atom stereocenters. The number of rotatable bonds is 3. The number of nitrogens with zero attached hydrogens (tertiary/aromatic N) is 2. The Morgan fingerprint density at radius 3 is 2.35 bits per heavy atom. The predicted octanol–water partition coefficient (Wildman–Crippen LogP) is 5.95. The van der Waals surface area contributed by atoms with E-state index < -0.39 is 0 Å². The summed E-state index contributed by atoms with van der Waals surface area (Å²) >= 11 is 1.81. The van der Waals surface area contributed by atoms with E-state index >= 15 is 0 Å². The number of nitro groups is 1. The largest absolute Gasteiger partial charge is 0.269 e. The van der Waals surface area contributed by atoms with Crippen LogP contribution in [0.2, 0.25) is 0 Å². The topological polar surface area (TPSA) is 55.5 Å². The van der Waals surface area contributed by atoms with Gasteiger partial charge in [0.25, 0.3) is 5.69 Å². The van der Waals surface area contributed by atoms with Crippen LogP contribution in [0.25, 0.3) is 0 Å². The molecule has 4 nitrogen and oxygen atoms in total. The van der Waals surface area contributed by atoms with Gasteiger partial charge in [0.1, 0.15) is 0 Å². The Bertz CT molecular complexity index is 969. The molecule has 5 heteroatoms. The highest BCUT2D eigenvalue weighted by molar-refractivity contribution is 7.99. The van der Waals surface area contributed by atoms with Crippen molar-refractivity contribution in [2.24, 2.45) is 4.99 Å². The normalized spacial score (nSPS) is 16.3. The third-order valence-corrected chi connectivity index (χ3v) is 5.67. The smallest absolute Gasteiger partial charge is 0.258 e. The molecule has 26 heavy (non-hydrogen) atoms. The van der Waals surface area contributed by atoms with Gasteiger partial charge < -0.3 is 0 Å². The van der Waals surface area contributed by atoms with Gasteiger partial charge in [-0.1, -0.05) is 42.5 Å². The van der Waals surface area contributed by atoms with Crippen LogP contribution in [0.1, 0.15) is 22.8 Å². The molecule has 1 unspecified atom stereocenters. The summed E-state index contributed by atoms with van der Waals surface area (Å²) in [5.74, 6) is 0. The summed E-state index contributed by atoms with van der Waals surface area (Å²) in [7, 11) is 0. The first kappa shape index (κ1) is 16.5. The van der Waals surface area contributed by atoms with Crippen LogP contribution in [0, 0.1) is 10.1 Å². The van der Waals surface area contributed by atoms with Crippen molar-refractivity contribution in [3.05, 3.63) is 100 Å². The van der Waals surface area contributed by atoms with E-state index in [1.807, 2.05) is 36.0 Å². The monoisotopic (exact) mass is 360 g/mol. The van der Waals surface area contributed by atoms with Crippen LogP contribution in [0.4, 0.5) is 11.4 Å². The number of aliphatic imine (C=N–C) groups is 1. The fourth-order valence-electron chi connectivity index (χ4n) is 3.02. The summed E-state index contributed by atoms with van der Waals surface area (Å²) in [6.07, 6.45) is 0.765. The minimum atomic E-state index is -0.378. The zero-order chi connectivity index (χ0) is 17.9. The van der Waals surface area contributed by atoms with Gasteiger partial charge in [-0.3, -0.25) is 15.1 Å². The highest BCUT2D eigenvalue weighted by Gasteiger charge is 2.22. The first-order valence-corrected chi connectivity index (χ1v) is 9.22. The first-order chi connectivity index (χ1) is 12.7. The van der Waals surface area contributed by atoms with Crippen LogP contribution in [-0.2, 0) is 0 Å². The average Bonchev–Trinajstić information content (AvgIpc) is 2.88. The molecule has 3 aromatic carbocycles. The molecule has 0 bridgehead atoms. The van der Waals surface area contributed by atoms with Gasteiger partial charge in [0, 0.05) is 34.4 Å². The van der Waals surface area contributed by atoms with Crippen LogP contribution >= 0.6 is 11.8 Å². The number of non-ortho nitro benzene ring substituents is 1. The Morgan fingerprint density at radius 2 is 1.62 bits per heavy atom. The van der Waals surface area contributed by atoms with Crippen molar-refractivity contribution in [2.45, 2.75) is 16.6 Å². The molecular weight excluding hydrogens is 344 g/mol. The SMILES string of the molecule is O=[N+]([O-])c1ccc(C2=Nc3ccccc3SC(c3ccccc3)C2)cc1. The van der Waals surface area contributed by atoms with Crippen molar-refractivity contribution < 1.29 is 4.92 Å². The van der Waals surface area contributed by atoms with Crippen molar-refractivity contribution >= 4 is 28.8 Å². The fraction of sp³-hybridized carbons (Fsp3) is 0.0952. The van der Waals surface area contributed by atoms with E-state index in [0.717, 1.165) is 28.3 Å². The molecule has 128 valence electrons. The fourth-order valence-corrected chi connectivity index (χ4v) is 4.25. The maximum absolute atomic E-state index is 10.9. The van der Waals surface area contributed by atoms with E-state index in [1.54, 1.807) is 24.3 Å². The standard InChI is InChI=1S/C21H16N2O2S/c24-23(25)17-12-10-15(11-13-17)19-14-21(16-6-2-1-3-7-16)26-20-9-5-4-8-18(20)22-19/h1-13,21H,14H2. The minimum absolute atomic E-state index is 0.0948. The van der Waals surface area contributed by atoms with Gasteiger partial charge in [0.05, 0.1) is 10.6 Å². The molecule has 0 saturated heterocycles. The third-order valence-electron chi connectivity index (χ3n) is 4.35. The second-order valence-electron chi connectivity index (χ2n) is 6.05. The lowest BCUT2D eigenvalue weighted by molar-refractivity contribution is -0.384. The van der Waals surface area contributed by atoms with Crippen LogP contribution < -0.4 is 0 Å². The van der Waals surface area contributed by atoms with Crippen molar-refractivity contribution in [1.82, 2.24) is 0 Å². The van der Waals surface area contributed by atoms with Crippen LogP contribution in [0.5, 0.6) is 0 Å². The first-order valence-electron chi connectivity index (χ1n) is 8.34. The lowest BCUT2D eigenvalue weighted by Crippen LogP contribution is -2.05. The number of fused-ring (bicyclic) bond motifs is 1. The van der Waals surface area contributed by atoms with E-state index in [2.05, 4.69) is 30.3 Å². The van der Waals surface area contributed by atoms with Crippen molar-refractivity contribution in [3.63, 3.8) is 0 Å². The van der Waals surface area contributed by atoms with Gasteiger partial charge in [0.15, 0.2) is 0 Å². The summed E-state index contributed by atoms with van der Waals surface area (Å²) < 4.78 is 0. The molecule has 0 saturated carbocycles. The van der Waals surface area contributed by atoms with Gasteiger partial charge >= 0.3 is 0 Å². The van der Waals surface area contributed by atoms with Gasteiger partial charge in [-0.25, -0.2) is 0 Å². The summed E-state index contributed by atoms with van der Waals surface area (Å²) in [6, 6.07) is 25.2. The molecule has 0 N–H and O–H groups in total. The zero-order valence-corrected chi connectivity index (χ0v) is 14.7. The van der Waals surface area contributed by atoms with Crippen molar-refractivity contribution in [2.75, 3.05) is 0 Å². The van der Waals surface area contributed by atoms with Crippen LogP contribution in [0.15, 0.2) is 88.8 Å². The van der Waals surface area contributed by atoms with E-state index in [0.29, 0.717) is 0 Å². The lowest BCUT2D eigenvalue weighted by atomic mass is 10.0. The molecule has 1 heterocycles. The quantitative estimate of drug-likeness (QED) is 0.428. The maximum atomic E-state index is 10.9. The van der Waals surface area contributed by atoms with E-state index in [4.69, 9.17) is 4.99 Å². The highest BCUT2D eigenvalue weighted by atomic mass is 32.2. The number of hydrogen-bond acceptors (Lipinski definition) is 4. The van der Waals surface area contributed by atoms with Crippen LogP contribution in [0.3, 0.4) is 0 Å². The second kappa shape index (κ2) is 7.14. The highest BCUT2D eigenvalue weighted by Crippen LogP contribution is 2.45. The molecule has 0 fully saturated rings. The molecule has 0 amide bonds. The van der Waals surface area contributed by atoms with Gasteiger partial charge in [-0.2, -0.15) is 0 Å². The molecule has 4 rings (SSSR count). The lowest BCUT2D eigenvalue weighted by Gasteiger charge is -2.16. The molecule has 0 aliphatic carbocycles. The number of nitro benzene ring substituents is 1. The van der Waals surface area contributed by atoms with E-state index in [9.17, 15) is 10.1 Å². The molecule has 1 aliphatic heterocycles. The number of hydrogen-bond donors (Lipinski definition) is 0. The Labute approximate surface area is 155 Å². The van der Waals surface area contributed by atoms with E-state index in [1.165, 1.54) is 5.56 Å².